The Morgan fingerprint density at radius 2 is 1.89 bits per heavy atom. The van der Waals surface area contributed by atoms with Crippen molar-refractivity contribution in [2.24, 2.45) is 10.9 Å². The Morgan fingerprint density at radius 3 is 2.44 bits per heavy atom. The fourth-order valence-corrected chi connectivity index (χ4v) is 1.68. The third-order valence-electron chi connectivity index (χ3n) is 3.06. The van der Waals surface area contributed by atoms with E-state index in [-0.39, 0.29) is 24.0 Å². The molecule has 100 valence electrons. The number of halogens is 1. The summed E-state index contributed by atoms with van der Waals surface area (Å²) in [5.41, 5.74) is 2.58. The molecule has 4 heteroatoms. The summed E-state index contributed by atoms with van der Waals surface area (Å²) in [7, 11) is 1.82. The van der Waals surface area contributed by atoms with E-state index in [4.69, 9.17) is 0 Å². The normalized spacial score (nSPS) is 14.9. The Balaban J connectivity index is 0.00000162. The van der Waals surface area contributed by atoms with Crippen LogP contribution in [0.3, 0.4) is 0 Å². The highest BCUT2D eigenvalue weighted by molar-refractivity contribution is 14.0. The highest BCUT2D eigenvalue weighted by Crippen LogP contribution is 2.27. The lowest BCUT2D eigenvalue weighted by Gasteiger charge is -2.11. The number of aliphatic imine (C=N–C) groups is 1. The van der Waals surface area contributed by atoms with Crippen LogP contribution in [0, 0.1) is 12.8 Å². The minimum absolute atomic E-state index is 0. The van der Waals surface area contributed by atoms with E-state index in [0.717, 1.165) is 25.0 Å². The first-order chi connectivity index (χ1) is 8.28. The molecule has 1 fully saturated rings. The van der Waals surface area contributed by atoms with Crippen LogP contribution in [-0.4, -0.2) is 19.6 Å². The fourth-order valence-electron chi connectivity index (χ4n) is 1.68. The van der Waals surface area contributed by atoms with Crippen LogP contribution < -0.4 is 10.6 Å². The molecular weight excluding hydrogens is 337 g/mol. The summed E-state index contributed by atoms with van der Waals surface area (Å²) in [6.07, 6.45) is 2.73. The summed E-state index contributed by atoms with van der Waals surface area (Å²) in [6.45, 7) is 3.98. The molecule has 3 nitrogen and oxygen atoms in total. The summed E-state index contributed by atoms with van der Waals surface area (Å²) in [6, 6.07) is 8.57. The molecule has 0 aliphatic heterocycles. The van der Waals surface area contributed by atoms with Gasteiger partial charge >= 0.3 is 0 Å². The van der Waals surface area contributed by atoms with Gasteiger partial charge in [0, 0.05) is 20.1 Å². The van der Waals surface area contributed by atoms with Gasteiger partial charge in [-0.2, -0.15) is 0 Å². The highest BCUT2D eigenvalue weighted by Gasteiger charge is 2.20. The molecule has 0 radical (unpaired) electrons. The van der Waals surface area contributed by atoms with Crippen molar-refractivity contribution in [1.82, 2.24) is 10.6 Å². The Morgan fingerprint density at radius 1 is 1.22 bits per heavy atom. The average molecular weight is 359 g/mol. The molecule has 0 atom stereocenters. The lowest BCUT2D eigenvalue weighted by molar-refractivity contribution is 0.737. The molecular formula is C14H22IN3. The van der Waals surface area contributed by atoms with Gasteiger partial charge in [-0.1, -0.05) is 29.8 Å². The van der Waals surface area contributed by atoms with E-state index in [1.54, 1.807) is 0 Å². The number of rotatable bonds is 4. The smallest absolute Gasteiger partial charge is 0.191 e. The molecule has 0 aromatic heterocycles. The lowest BCUT2D eigenvalue weighted by atomic mass is 10.1. The van der Waals surface area contributed by atoms with Crippen molar-refractivity contribution >= 4 is 29.9 Å². The first kappa shape index (κ1) is 15.3. The second-order valence-corrected chi connectivity index (χ2v) is 4.74. The maximum Gasteiger partial charge on any atom is 0.191 e. The van der Waals surface area contributed by atoms with E-state index >= 15 is 0 Å². The topological polar surface area (TPSA) is 36.4 Å². The van der Waals surface area contributed by atoms with Crippen LogP contribution in [0.2, 0.25) is 0 Å². The van der Waals surface area contributed by atoms with Gasteiger partial charge in [-0.05, 0) is 31.2 Å². The third-order valence-corrected chi connectivity index (χ3v) is 3.06. The molecule has 0 unspecified atom stereocenters. The van der Waals surface area contributed by atoms with Crippen LogP contribution >= 0.6 is 24.0 Å². The highest BCUT2D eigenvalue weighted by atomic mass is 127. The molecule has 1 aromatic rings. The Hall–Kier alpha value is -0.780. The van der Waals surface area contributed by atoms with Gasteiger partial charge in [0.05, 0.1) is 0 Å². The zero-order valence-electron chi connectivity index (χ0n) is 11.1. The molecule has 18 heavy (non-hydrogen) atoms. The molecule has 0 bridgehead atoms. The van der Waals surface area contributed by atoms with Gasteiger partial charge in [0.1, 0.15) is 0 Å². The molecule has 1 saturated carbocycles. The number of hydrogen-bond donors (Lipinski definition) is 2. The third kappa shape index (κ3) is 5.25. The van der Waals surface area contributed by atoms with Crippen LogP contribution in [0.1, 0.15) is 24.0 Å². The molecule has 0 saturated heterocycles. The largest absolute Gasteiger partial charge is 0.356 e. The zero-order chi connectivity index (χ0) is 12.1. The molecule has 1 aliphatic rings. The first-order valence-corrected chi connectivity index (χ1v) is 6.28. The summed E-state index contributed by atoms with van der Waals surface area (Å²) in [5, 5.41) is 6.68. The molecule has 0 amide bonds. The number of nitrogens with zero attached hydrogens (tertiary/aromatic N) is 1. The summed E-state index contributed by atoms with van der Waals surface area (Å²) in [5.74, 6) is 1.77. The number of aryl methyl sites for hydroxylation is 1. The quantitative estimate of drug-likeness (QED) is 0.493. The second-order valence-electron chi connectivity index (χ2n) is 4.74. The Bertz CT molecular complexity index is 383. The van der Waals surface area contributed by atoms with Crippen LogP contribution in [0.25, 0.3) is 0 Å². The van der Waals surface area contributed by atoms with Crippen LogP contribution in [-0.2, 0) is 6.54 Å². The number of hydrogen-bond acceptors (Lipinski definition) is 1. The SMILES string of the molecule is CN=C(NCc1ccc(C)cc1)NCC1CC1.I. The molecule has 0 heterocycles. The number of nitrogens with one attached hydrogen (secondary N) is 2. The van der Waals surface area contributed by atoms with Gasteiger partial charge in [-0.3, -0.25) is 4.99 Å². The lowest BCUT2D eigenvalue weighted by Crippen LogP contribution is -2.37. The predicted molar refractivity (Wildman–Crippen MR) is 87.5 cm³/mol. The number of benzene rings is 1. The van der Waals surface area contributed by atoms with Crippen LogP contribution in [0.4, 0.5) is 0 Å². The molecule has 1 aromatic carbocycles. The zero-order valence-corrected chi connectivity index (χ0v) is 13.4. The maximum atomic E-state index is 4.21. The van der Waals surface area contributed by atoms with E-state index in [1.807, 2.05) is 7.05 Å². The van der Waals surface area contributed by atoms with Crippen molar-refractivity contribution in [3.05, 3.63) is 35.4 Å². The first-order valence-electron chi connectivity index (χ1n) is 6.28. The van der Waals surface area contributed by atoms with Gasteiger partial charge in [0.2, 0.25) is 0 Å². The van der Waals surface area contributed by atoms with Crippen molar-refractivity contribution in [3.8, 4) is 0 Å². The van der Waals surface area contributed by atoms with Gasteiger partial charge in [0.25, 0.3) is 0 Å². The van der Waals surface area contributed by atoms with Crippen molar-refractivity contribution < 1.29 is 0 Å². The van der Waals surface area contributed by atoms with E-state index < -0.39 is 0 Å². The summed E-state index contributed by atoms with van der Waals surface area (Å²) >= 11 is 0. The average Bonchev–Trinajstić information content (AvgIpc) is 3.15. The molecule has 0 spiro atoms. The van der Waals surface area contributed by atoms with Gasteiger partial charge in [-0.25, -0.2) is 0 Å². The van der Waals surface area contributed by atoms with Gasteiger partial charge < -0.3 is 10.6 Å². The van der Waals surface area contributed by atoms with E-state index in [9.17, 15) is 0 Å². The second kappa shape index (κ2) is 7.61. The van der Waals surface area contributed by atoms with Crippen molar-refractivity contribution in [2.45, 2.75) is 26.3 Å². The van der Waals surface area contributed by atoms with Crippen LogP contribution in [0.5, 0.6) is 0 Å². The predicted octanol–water partition coefficient (Wildman–Crippen LogP) is 2.69. The molecule has 2 rings (SSSR count). The molecule has 1 aliphatic carbocycles. The standard InChI is InChI=1S/C14H21N3.HI/c1-11-3-5-12(6-4-11)9-16-14(15-2)17-10-13-7-8-13;/h3-6,13H,7-10H2,1-2H3,(H2,15,16,17);1H. The maximum absolute atomic E-state index is 4.21. The summed E-state index contributed by atoms with van der Waals surface area (Å²) < 4.78 is 0. The molecule has 2 N–H and O–H groups in total. The number of guanidine groups is 1. The van der Waals surface area contributed by atoms with E-state index in [0.29, 0.717) is 0 Å². The van der Waals surface area contributed by atoms with E-state index in [2.05, 4.69) is 46.8 Å². The van der Waals surface area contributed by atoms with Crippen molar-refractivity contribution in [2.75, 3.05) is 13.6 Å². The van der Waals surface area contributed by atoms with Crippen LogP contribution in [0.15, 0.2) is 29.3 Å². The Labute approximate surface area is 126 Å². The van der Waals surface area contributed by atoms with Gasteiger partial charge in [-0.15, -0.1) is 24.0 Å². The monoisotopic (exact) mass is 359 g/mol. The minimum atomic E-state index is 0. The van der Waals surface area contributed by atoms with E-state index in [1.165, 1.54) is 24.0 Å². The Kier molecular flexibility index (Phi) is 6.46. The van der Waals surface area contributed by atoms with Crippen molar-refractivity contribution in [3.63, 3.8) is 0 Å². The summed E-state index contributed by atoms with van der Waals surface area (Å²) in [4.78, 5) is 4.21. The van der Waals surface area contributed by atoms with Crippen molar-refractivity contribution in [1.29, 1.82) is 0 Å². The fraction of sp³-hybridized carbons (Fsp3) is 0.500. The van der Waals surface area contributed by atoms with Gasteiger partial charge in [0.15, 0.2) is 5.96 Å². The minimum Gasteiger partial charge on any atom is -0.356 e.